The Morgan fingerprint density at radius 1 is 1.50 bits per heavy atom. The van der Waals surface area contributed by atoms with E-state index in [9.17, 15) is 0 Å². The molecule has 1 aliphatic carbocycles. The van der Waals surface area contributed by atoms with Crippen LogP contribution in [0.1, 0.15) is 56.3 Å². The standard InChI is InChI=1S/C13H19N3O2/c1-3-7-10(14)11-15-12(16-18-11)13(17-2)8-5-4-6-9-13/h1,10H,4-9,14H2,2H3. The summed E-state index contributed by atoms with van der Waals surface area (Å²) < 4.78 is 10.8. The molecule has 5 heteroatoms. The number of hydrogen-bond donors (Lipinski definition) is 1. The smallest absolute Gasteiger partial charge is 0.244 e. The first kappa shape index (κ1) is 13.1. The third-order valence-corrected chi connectivity index (χ3v) is 3.56. The summed E-state index contributed by atoms with van der Waals surface area (Å²) in [5, 5.41) is 4.03. The van der Waals surface area contributed by atoms with Crippen LogP contribution in [0.3, 0.4) is 0 Å². The van der Waals surface area contributed by atoms with Crippen molar-refractivity contribution in [1.82, 2.24) is 10.1 Å². The number of nitrogens with two attached hydrogens (primary N) is 1. The molecule has 1 unspecified atom stereocenters. The van der Waals surface area contributed by atoms with Crippen LogP contribution in [0, 0.1) is 12.3 Å². The zero-order chi connectivity index (χ0) is 13.0. The van der Waals surface area contributed by atoms with Crippen LogP contribution in [0.15, 0.2) is 4.52 Å². The largest absolute Gasteiger partial charge is 0.370 e. The highest BCUT2D eigenvalue weighted by atomic mass is 16.5. The fourth-order valence-corrected chi connectivity index (χ4v) is 2.43. The molecule has 1 heterocycles. The molecule has 2 rings (SSSR count). The second kappa shape index (κ2) is 5.51. The molecule has 18 heavy (non-hydrogen) atoms. The van der Waals surface area contributed by atoms with Crippen molar-refractivity contribution in [2.75, 3.05) is 7.11 Å². The van der Waals surface area contributed by atoms with Gasteiger partial charge in [0.2, 0.25) is 11.7 Å². The Hall–Kier alpha value is -1.38. The van der Waals surface area contributed by atoms with Crippen LogP contribution in [-0.4, -0.2) is 17.3 Å². The van der Waals surface area contributed by atoms with E-state index in [1.807, 2.05) is 0 Å². The molecule has 1 saturated carbocycles. The van der Waals surface area contributed by atoms with E-state index in [4.69, 9.17) is 21.4 Å². The van der Waals surface area contributed by atoms with Gasteiger partial charge in [-0.2, -0.15) is 4.98 Å². The second-order valence-corrected chi connectivity index (χ2v) is 4.73. The van der Waals surface area contributed by atoms with Crippen LogP contribution in [-0.2, 0) is 10.3 Å². The Kier molecular flexibility index (Phi) is 4.00. The van der Waals surface area contributed by atoms with E-state index < -0.39 is 11.6 Å². The first-order chi connectivity index (χ1) is 8.72. The van der Waals surface area contributed by atoms with Gasteiger partial charge in [0.1, 0.15) is 5.60 Å². The van der Waals surface area contributed by atoms with Gasteiger partial charge in [0.25, 0.3) is 0 Å². The van der Waals surface area contributed by atoms with E-state index in [1.54, 1.807) is 7.11 Å². The number of methoxy groups -OCH3 is 1. The van der Waals surface area contributed by atoms with E-state index in [0.29, 0.717) is 18.1 Å². The Bertz CT molecular complexity index is 430. The van der Waals surface area contributed by atoms with Gasteiger partial charge in [0.15, 0.2) is 0 Å². The zero-order valence-electron chi connectivity index (χ0n) is 10.7. The van der Waals surface area contributed by atoms with Crippen molar-refractivity contribution in [1.29, 1.82) is 0 Å². The monoisotopic (exact) mass is 249 g/mol. The maximum Gasteiger partial charge on any atom is 0.244 e. The number of nitrogens with zero attached hydrogens (tertiary/aromatic N) is 2. The summed E-state index contributed by atoms with van der Waals surface area (Å²) in [6.45, 7) is 0. The fourth-order valence-electron chi connectivity index (χ4n) is 2.43. The molecule has 0 saturated heterocycles. The molecule has 1 aromatic heterocycles. The minimum absolute atomic E-state index is 0.390. The number of rotatable bonds is 4. The average Bonchev–Trinajstić information content (AvgIpc) is 2.90. The van der Waals surface area contributed by atoms with Crippen molar-refractivity contribution in [3.8, 4) is 12.3 Å². The molecule has 0 aromatic carbocycles. The van der Waals surface area contributed by atoms with E-state index in [-0.39, 0.29) is 0 Å². The van der Waals surface area contributed by atoms with Crippen LogP contribution in [0.4, 0.5) is 0 Å². The van der Waals surface area contributed by atoms with Crippen molar-refractivity contribution in [3.63, 3.8) is 0 Å². The molecule has 1 aliphatic rings. The Morgan fingerprint density at radius 3 is 2.83 bits per heavy atom. The van der Waals surface area contributed by atoms with E-state index in [0.717, 1.165) is 25.7 Å². The third kappa shape index (κ3) is 2.40. The summed E-state index contributed by atoms with van der Waals surface area (Å²) in [5.74, 6) is 3.49. The average molecular weight is 249 g/mol. The van der Waals surface area contributed by atoms with Crippen LogP contribution < -0.4 is 5.73 Å². The van der Waals surface area contributed by atoms with Crippen molar-refractivity contribution >= 4 is 0 Å². The van der Waals surface area contributed by atoms with Crippen molar-refractivity contribution in [2.24, 2.45) is 5.73 Å². The van der Waals surface area contributed by atoms with Crippen LogP contribution in [0.25, 0.3) is 0 Å². The van der Waals surface area contributed by atoms with E-state index in [1.165, 1.54) is 6.42 Å². The van der Waals surface area contributed by atoms with Gasteiger partial charge in [-0.05, 0) is 12.8 Å². The first-order valence-corrected chi connectivity index (χ1v) is 6.30. The fraction of sp³-hybridized carbons (Fsp3) is 0.692. The van der Waals surface area contributed by atoms with Crippen LogP contribution in [0.2, 0.25) is 0 Å². The molecule has 0 radical (unpaired) electrons. The van der Waals surface area contributed by atoms with Gasteiger partial charge < -0.3 is 15.0 Å². The van der Waals surface area contributed by atoms with Crippen LogP contribution in [0.5, 0.6) is 0 Å². The summed E-state index contributed by atoms with van der Waals surface area (Å²) >= 11 is 0. The highest BCUT2D eigenvalue weighted by molar-refractivity contribution is 5.06. The first-order valence-electron chi connectivity index (χ1n) is 6.30. The summed E-state index contributed by atoms with van der Waals surface area (Å²) in [5.41, 5.74) is 5.45. The molecule has 0 spiro atoms. The normalized spacial score (nSPS) is 20.3. The lowest BCUT2D eigenvalue weighted by Gasteiger charge is -2.32. The minimum Gasteiger partial charge on any atom is -0.370 e. The molecule has 2 N–H and O–H groups in total. The molecule has 1 fully saturated rings. The zero-order valence-corrected chi connectivity index (χ0v) is 10.7. The molecular formula is C13H19N3O2. The molecule has 0 amide bonds. The lowest BCUT2D eigenvalue weighted by Crippen LogP contribution is -2.32. The van der Waals surface area contributed by atoms with Crippen molar-refractivity contribution in [3.05, 3.63) is 11.7 Å². The Labute approximate surface area is 107 Å². The van der Waals surface area contributed by atoms with Gasteiger partial charge in [-0.3, -0.25) is 0 Å². The van der Waals surface area contributed by atoms with Gasteiger partial charge >= 0.3 is 0 Å². The minimum atomic E-state index is -0.407. The Morgan fingerprint density at radius 2 is 2.22 bits per heavy atom. The second-order valence-electron chi connectivity index (χ2n) is 4.73. The topological polar surface area (TPSA) is 74.2 Å². The molecular weight excluding hydrogens is 230 g/mol. The quantitative estimate of drug-likeness (QED) is 0.825. The number of terminal acetylenes is 1. The maximum absolute atomic E-state index is 5.85. The van der Waals surface area contributed by atoms with Gasteiger partial charge in [-0.1, -0.05) is 24.4 Å². The predicted molar refractivity (Wildman–Crippen MR) is 66.4 cm³/mol. The van der Waals surface area contributed by atoms with Crippen molar-refractivity contribution in [2.45, 2.75) is 50.2 Å². The number of aromatic nitrogens is 2. The summed E-state index contributed by atoms with van der Waals surface area (Å²) in [6, 6.07) is -0.395. The molecule has 0 aliphatic heterocycles. The number of hydrogen-bond acceptors (Lipinski definition) is 5. The van der Waals surface area contributed by atoms with E-state index >= 15 is 0 Å². The third-order valence-electron chi connectivity index (χ3n) is 3.56. The van der Waals surface area contributed by atoms with Crippen LogP contribution >= 0.6 is 0 Å². The lowest BCUT2D eigenvalue weighted by atomic mass is 9.84. The van der Waals surface area contributed by atoms with Gasteiger partial charge in [0, 0.05) is 13.5 Å². The predicted octanol–water partition coefficient (Wildman–Crippen LogP) is 1.90. The highest BCUT2D eigenvalue weighted by Gasteiger charge is 2.38. The maximum atomic E-state index is 5.85. The SMILES string of the molecule is C#CCC(N)c1nc(C2(OC)CCCCC2)no1. The summed E-state index contributed by atoms with van der Waals surface area (Å²) in [6.07, 6.45) is 10.9. The molecule has 98 valence electrons. The van der Waals surface area contributed by atoms with Gasteiger partial charge in [0.05, 0.1) is 6.04 Å². The molecule has 1 atom stereocenters. The Balaban J connectivity index is 2.20. The molecule has 5 nitrogen and oxygen atoms in total. The summed E-state index contributed by atoms with van der Waals surface area (Å²) in [4.78, 5) is 4.37. The summed E-state index contributed by atoms with van der Waals surface area (Å²) in [7, 11) is 1.70. The van der Waals surface area contributed by atoms with Gasteiger partial charge in [-0.15, -0.1) is 12.3 Å². The van der Waals surface area contributed by atoms with Crippen molar-refractivity contribution < 1.29 is 9.26 Å². The molecule has 0 bridgehead atoms. The number of ether oxygens (including phenoxy) is 1. The molecule has 1 aromatic rings. The van der Waals surface area contributed by atoms with Gasteiger partial charge in [-0.25, -0.2) is 0 Å². The van der Waals surface area contributed by atoms with E-state index in [2.05, 4.69) is 16.1 Å². The lowest BCUT2D eigenvalue weighted by molar-refractivity contribution is -0.0527. The highest BCUT2D eigenvalue weighted by Crippen LogP contribution is 2.38.